The Kier molecular flexibility index (Phi) is 5.52. The molecule has 0 unspecified atom stereocenters. The minimum Gasteiger partial charge on any atom is -0.495 e. The van der Waals surface area contributed by atoms with Crippen molar-refractivity contribution in [3.05, 3.63) is 23.9 Å². The van der Waals surface area contributed by atoms with Crippen molar-refractivity contribution in [2.45, 2.75) is 38.0 Å². The third kappa shape index (κ3) is 3.52. The molecule has 2 heterocycles. The monoisotopic (exact) mass is 406 g/mol. The van der Waals surface area contributed by atoms with Crippen LogP contribution < -0.4 is 14.8 Å². The molecule has 1 aliphatic heterocycles. The third-order valence-corrected chi connectivity index (χ3v) is 6.00. The van der Waals surface area contributed by atoms with Crippen LogP contribution in [0.3, 0.4) is 0 Å². The third-order valence-electron chi connectivity index (χ3n) is 4.43. The van der Waals surface area contributed by atoms with Crippen LogP contribution in [-0.2, 0) is 21.2 Å². The largest absolute Gasteiger partial charge is 0.495 e. The topological polar surface area (TPSA) is 119 Å². The van der Waals surface area contributed by atoms with Crippen molar-refractivity contribution in [3.8, 4) is 16.9 Å². The van der Waals surface area contributed by atoms with Crippen molar-refractivity contribution in [2.24, 2.45) is 0 Å². The highest BCUT2D eigenvalue weighted by atomic mass is 32.2. The summed E-state index contributed by atoms with van der Waals surface area (Å²) in [5.74, 6) is -0.115. The van der Waals surface area contributed by atoms with E-state index in [2.05, 4.69) is 15.1 Å². The number of amides is 1. The molecule has 0 saturated carbocycles. The lowest BCUT2D eigenvalue weighted by atomic mass is 10.0. The molecule has 9 nitrogen and oxygen atoms in total. The van der Waals surface area contributed by atoms with E-state index in [0.29, 0.717) is 23.2 Å². The second kappa shape index (κ2) is 7.72. The number of aromatic nitrogens is 2. The fourth-order valence-electron chi connectivity index (χ4n) is 3.14. The average Bonchev–Trinajstić information content (AvgIpc) is 2.97. The number of carbonyl (C=O) groups is 2. The summed E-state index contributed by atoms with van der Waals surface area (Å²) in [5, 5.41) is 7.08. The molecule has 0 radical (unpaired) electrons. The molecule has 0 saturated heterocycles. The molecule has 3 rings (SSSR count). The van der Waals surface area contributed by atoms with Gasteiger partial charge < -0.3 is 10.1 Å². The van der Waals surface area contributed by atoms with E-state index in [0.717, 1.165) is 0 Å². The van der Waals surface area contributed by atoms with Gasteiger partial charge in [-0.25, -0.2) is 13.1 Å². The fraction of sp³-hybridized carbons (Fsp3) is 0.389. The number of anilines is 1. The van der Waals surface area contributed by atoms with Crippen LogP contribution in [0.5, 0.6) is 5.75 Å². The van der Waals surface area contributed by atoms with Gasteiger partial charge in [-0.1, -0.05) is 19.9 Å². The Hall–Kier alpha value is -2.72. The molecule has 150 valence electrons. The fourth-order valence-corrected chi connectivity index (χ4v) is 4.37. The van der Waals surface area contributed by atoms with E-state index >= 15 is 0 Å². The number of methoxy groups -OCH3 is 1. The van der Waals surface area contributed by atoms with E-state index in [-0.39, 0.29) is 47.7 Å². The second-order valence-corrected chi connectivity index (χ2v) is 7.98. The zero-order chi connectivity index (χ0) is 20.5. The summed E-state index contributed by atoms with van der Waals surface area (Å²) < 4.78 is 34.1. The number of aryl methyl sites for hydroxylation is 1. The number of ether oxygens (including phenoxy) is 1. The van der Waals surface area contributed by atoms with Crippen LogP contribution >= 0.6 is 0 Å². The Morgan fingerprint density at radius 2 is 2.00 bits per heavy atom. The highest BCUT2D eigenvalue weighted by Crippen LogP contribution is 2.37. The van der Waals surface area contributed by atoms with Crippen LogP contribution in [0.2, 0.25) is 0 Å². The van der Waals surface area contributed by atoms with E-state index < -0.39 is 10.0 Å². The van der Waals surface area contributed by atoms with Crippen LogP contribution in [0.4, 0.5) is 5.82 Å². The zero-order valence-corrected chi connectivity index (χ0v) is 16.7. The molecule has 0 atom stereocenters. The van der Waals surface area contributed by atoms with Gasteiger partial charge in [-0.2, -0.15) is 9.78 Å². The minimum atomic E-state index is -3.79. The summed E-state index contributed by atoms with van der Waals surface area (Å²) in [4.78, 5) is 24.4. The molecule has 2 aromatic rings. The maximum atomic E-state index is 12.6. The maximum absolute atomic E-state index is 12.6. The van der Waals surface area contributed by atoms with E-state index in [9.17, 15) is 18.0 Å². The first-order valence-electron chi connectivity index (χ1n) is 8.95. The first-order chi connectivity index (χ1) is 13.3. The second-order valence-electron chi connectivity index (χ2n) is 6.24. The van der Waals surface area contributed by atoms with E-state index in [1.807, 2.05) is 6.92 Å². The molecule has 0 aliphatic carbocycles. The molecular weight excluding hydrogens is 384 g/mol. The van der Waals surface area contributed by atoms with Gasteiger partial charge in [-0.15, -0.1) is 0 Å². The summed E-state index contributed by atoms with van der Waals surface area (Å²) in [6.07, 6.45) is 0.636. The Bertz CT molecular complexity index is 1040. The molecule has 0 spiro atoms. The Morgan fingerprint density at radius 3 is 2.64 bits per heavy atom. The minimum absolute atomic E-state index is 0.0253. The molecule has 28 heavy (non-hydrogen) atoms. The number of rotatable bonds is 6. The number of carbonyl (C=O) groups excluding carboxylic acids is 2. The van der Waals surface area contributed by atoms with Gasteiger partial charge in [0.1, 0.15) is 16.5 Å². The van der Waals surface area contributed by atoms with Gasteiger partial charge in [0.05, 0.1) is 12.8 Å². The number of nitrogens with one attached hydrogen (secondary N) is 2. The van der Waals surface area contributed by atoms with Crippen LogP contribution in [-0.4, -0.2) is 43.7 Å². The first-order valence-corrected chi connectivity index (χ1v) is 10.4. The molecular formula is C18H22N4O5S. The van der Waals surface area contributed by atoms with Gasteiger partial charge in [0.2, 0.25) is 21.8 Å². The summed E-state index contributed by atoms with van der Waals surface area (Å²) in [6.45, 7) is 3.78. The molecule has 1 amide bonds. The van der Waals surface area contributed by atoms with Crippen LogP contribution in [0.25, 0.3) is 11.1 Å². The molecule has 2 N–H and O–H groups in total. The number of fused-ring (bicyclic) bond motifs is 1. The van der Waals surface area contributed by atoms with Crippen molar-refractivity contribution in [2.75, 3.05) is 19.0 Å². The zero-order valence-electron chi connectivity index (χ0n) is 15.9. The Balaban J connectivity index is 2.25. The van der Waals surface area contributed by atoms with Crippen molar-refractivity contribution in [1.82, 2.24) is 14.5 Å². The number of hydrogen-bond donors (Lipinski definition) is 2. The Labute approximate surface area is 163 Å². The summed E-state index contributed by atoms with van der Waals surface area (Å²) in [6, 6.07) is 4.70. The van der Waals surface area contributed by atoms with Gasteiger partial charge in [-0.05, 0) is 24.1 Å². The highest BCUT2D eigenvalue weighted by molar-refractivity contribution is 7.89. The quantitative estimate of drug-likeness (QED) is 0.755. The van der Waals surface area contributed by atoms with Crippen LogP contribution in [0, 0.1) is 0 Å². The van der Waals surface area contributed by atoms with Crippen molar-refractivity contribution >= 4 is 27.7 Å². The van der Waals surface area contributed by atoms with E-state index in [1.165, 1.54) is 17.9 Å². The van der Waals surface area contributed by atoms with Crippen molar-refractivity contribution in [1.29, 1.82) is 0 Å². The average molecular weight is 406 g/mol. The smallest absolute Gasteiger partial charge is 0.249 e. The number of nitrogens with zero attached hydrogens (tertiary/aromatic N) is 2. The number of sulfonamides is 1. The number of benzene rings is 1. The summed E-state index contributed by atoms with van der Waals surface area (Å²) >= 11 is 0. The van der Waals surface area contributed by atoms with E-state index in [1.54, 1.807) is 19.1 Å². The lowest BCUT2D eigenvalue weighted by Gasteiger charge is -2.13. The standard InChI is InChI=1S/C18H22N4O5S/c1-4-12-17(18-20-15(23)8-9-16(24)22(18)21-12)11-6-7-13(27-3)14(10-11)28(25,26)19-5-2/h6-7,10,19H,4-5,8-9H2,1-3H3,(H,20,23). The lowest BCUT2D eigenvalue weighted by molar-refractivity contribution is -0.116. The highest BCUT2D eigenvalue weighted by Gasteiger charge is 2.28. The number of hydrogen-bond acceptors (Lipinski definition) is 6. The Morgan fingerprint density at radius 1 is 1.25 bits per heavy atom. The lowest BCUT2D eigenvalue weighted by Crippen LogP contribution is -2.23. The molecule has 10 heteroatoms. The molecule has 1 aliphatic rings. The molecule has 0 bridgehead atoms. The SMILES string of the molecule is CCNS(=O)(=O)c1cc(-c2c(CC)nn3c2NC(=O)CCC3=O)ccc1OC. The first kappa shape index (κ1) is 20.0. The van der Waals surface area contributed by atoms with Crippen LogP contribution in [0.1, 0.15) is 37.2 Å². The van der Waals surface area contributed by atoms with E-state index in [4.69, 9.17) is 4.74 Å². The van der Waals surface area contributed by atoms with Crippen molar-refractivity contribution in [3.63, 3.8) is 0 Å². The van der Waals surface area contributed by atoms with Gasteiger partial charge >= 0.3 is 0 Å². The molecule has 0 fully saturated rings. The predicted octanol–water partition coefficient (Wildman–Crippen LogP) is 1.79. The summed E-state index contributed by atoms with van der Waals surface area (Å²) in [7, 11) is -2.40. The van der Waals surface area contributed by atoms with Gasteiger partial charge in [0.25, 0.3) is 0 Å². The van der Waals surface area contributed by atoms with Gasteiger partial charge in [0, 0.05) is 24.9 Å². The molecule has 1 aromatic heterocycles. The molecule has 1 aromatic carbocycles. The maximum Gasteiger partial charge on any atom is 0.249 e. The normalized spacial score (nSPS) is 14.4. The van der Waals surface area contributed by atoms with Gasteiger partial charge in [0.15, 0.2) is 0 Å². The predicted molar refractivity (Wildman–Crippen MR) is 103 cm³/mol. The van der Waals surface area contributed by atoms with Crippen LogP contribution in [0.15, 0.2) is 23.1 Å². The van der Waals surface area contributed by atoms with Gasteiger partial charge in [-0.3, -0.25) is 9.59 Å². The summed E-state index contributed by atoms with van der Waals surface area (Å²) in [5.41, 5.74) is 1.63. The van der Waals surface area contributed by atoms with Crippen molar-refractivity contribution < 1.29 is 22.7 Å².